The summed E-state index contributed by atoms with van der Waals surface area (Å²) >= 11 is 0. The van der Waals surface area contributed by atoms with Crippen LogP contribution in [-0.2, 0) is 0 Å². The first-order valence-corrected chi connectivity index (χ1v) is 7.46. The Morgan fingerprint density at radius 3 is 2.52 bits per heavy atom. The molecule has 6 heteroatoms. The quantitative estimate of drug-likeness (QED) is 0.786. The molecular formula is C17H17N5O. The Hall–Kier alpha value is -3.02. The number of carbonyl (C=O) groups excluding carboxylic acids is 1. The zero-order valence-electron chi connectivity index (χ0n) is 12.8. The van der Waals surface area contributed by atoms with Gasteiger partial charge in [-0.2, -0.15) is 0 Å². The fourth-order valence-electron chi connectivity index (χ4n) is 2.35. The molecule has 1 amide bonds. The maximum absolute atomic E-state index is 12.5. The average Bonchev–Trinajstić information content (AvgIpc) is 3.15. The van der Waals surface area contributed by atoms with Gasteiger partial charge < -0.3 is 5.32 Å². The molecule has 0 fully saturated rings. The van der Waals surface area contributed by atoms with Gasteiger partial charge in [-0.15, -0.1) is 10.2 Å². The molecule has 0 unspecified atom stereocenters. The molecule has 2 heterocycles. The molecular weight excluding hydrogens is 290 g/mol. The van der Waals surface area contributed by atoms with E-state index in [9.17, 15) is 4.79 Å². The van der Waals surface area contributed by atoms with E-state index in [1.165, 1.54) is 0 Å². The number of hydrogen-bond acceptors (Lipinski definition) is 4. The topological polar surface area (TPSA) is 72.7 Å². The molecule has 0 spiro atoms. The van der Waals surface area contributed by atoms with Crippen LogP contribution in [0.25, 0.3) is 5.82 Å². The minimum absolute atomic E-state index is 0.0379. The van der Waals surface area contributed by atoms with E-state index in [1.54, 1.807) is 35.4 Å². The number of aromatic nitrogens is 4. The lowest BCUT2D eigenvalue weighted by Gasteiger charge is -2.17. The normalized spacial score (nSPS) is 11.9. The molecule has 1 aromatic carbocycles. The highest BCUT2D eigenvalue weighted by molar-refractivity contribution is 5.92. The lowest BCUT2D eigenvalue weighted by molar-refractivity contribution is 0.0930. The zero-order valence-corrected chi connectivity index (χ0v) is 12.8. The fraction of sp³-hybridized carbons (Fsp3) is 0.176. The molecule has 1 N–H and O–H groups in total. The van der Waals surface area contributed by atoms with Gasteiger partial charge in [0.25, 0.3) is 5.91 Å². The SMILES string of the molecule is CC[C@H](NC(=O)c1cccc(-n2cnnc2)n1)c1ccccc1. The Kier molecular flexibility index (Phi) is 4.42. The molecule has 23 heavy (non-hydrogen) atoms. The first-order valence-electron chi connectivity index (χ1n) is 7.46. The summed E-state index contributed by atoms with van der Waals surface area (Å²) in [5.74, 6) is 0.408. The largest absolute Gasteiger partial charge is 0.344 e. The molecule has 116 valence electrons. The second-order valence-corrected chi connectivity index (χ2v) is 5.10. The monoisotopic (exact) mass is 307 g/mol. The minimum atomic E-state index is -0.198. The van der Waals surface area contributed by atoms with Gasteiger partial charge in [0.15, 0.2) is 0 Å². The summed E-state index contributed by atoms with van der Waals surface area (Å²) in [6.07, 6.45) is 3.90. The van der Waals surface area contributed by atoms with E-state index in [1.807, 2.05) is 37.3 Å². The number of benzene rings is 1. The number of amides is 1. The Labute approximate surface area is 134 Å². The molecule has 0 radical (unpaired) electrons. The number of rotatable bonds is 5. The number of carbonyl (C=O) groups is 1. The molecule has 1 atom stereocenters. The first kappa shape index (κ1) is 14.9. The highest BCUT2D eigenvalue weighted by atomic mass is 16.1. The van der Waals surface area contributed by atoms with Gasteiger partial charge in [0, 0.05) is 0 Å². The van der Waals surface area contributed by atoms with Crippen molar-refractivity contribution in [3.63, 3.8) is 0 Å². The molecule has 2 aromatic heterocycles. The van der Waals surface area contributed by atoms with Gasteiger partial charge in [0.05, 0.1) is 6.04 Å². The van der Waals surface area contributed by atoms with E-state index >= 15 is 0 Å². The maximum atomic E-state index is 12.5. The molecule has 0 aliphatic heterocycles. The van der Waals surface area contributed by atoms with Crippen LogP contribution < -0.4 is 5.32 Å². The van der Waals surface area contributed by atoms with Crippen molar-refractivity contribution >= 4 is 5.91 Å². The second kappa shape index (κ2) is 6.83. The maximum Gasteiger partial charge on any atom is 0.270 e. The van der Waals surface area contributed by atoms with E-state index in [0.29, 0.717) is 11.5 Å². The molecule has 0 bridgehead atoms. The number of hydrogen-bond donors (Lipinski definition) is 1. The van der Waals surface area contributed by atoms with Gasteiger partial charge in [-0.1, -0.05) is 43.3 Å². The Morgan fingerprint density at radius 2 is 1.83 bits per heavy atom. The van der Waals surface area contributed by atoms with Crippen LogP contribution in [0.15, 0.2) is 61.2 Å². The van der Waals surface area contributed by atoms with Crippen LogP contribution in [0.3, 0.4) is 0 Å². The first-order chi connectivity index (χ1) is 11.3. The van der Waals surface area contributed by atoms with Crippen molar-refractivity contribution < 1.29 is 4.79 Å². The van der Waals surface area contributed by atoms with Crippen LogP contribution in [0.4, 0.5) is 0 Å². The Balaban J connectivity index is 1.79. The van der Waals surface area contributed by atoms with Crippen molar-refractivity contribution in [2.75, 3.05) is 0 Å². The minimum Gasteiger partial charge on any atom is -0.344 e. The summed E-state index contributed by atoms with van der Waals surface area (Å²) < 4.78 is 1.66. The van der Waals surface area contributed by atoms with Gasteiger partial charge in [0.1, 0.15) is 24.2 Å². The molecule has 6 nitrogen and oxygen atoms in total. The van der Waals surface area contributed by atoms with Gasteiger partial charge in [-0.25, -0.2) is 4.98 Å². The Morgan fingerprint density at radius 1 is 1.09 bits per heavy atom. The van der Waals surface area contributed by atoms with Crippen LogP contribution >= 0.6 is 0 Å². The molecule has 3 aromatic rings. The van der Waals surface area contributed by atoms with Gasteiger partial charge >= 0.3 is 0 Å². The molecule has 0 saturated heterocycles. The highest BCUT2D eigenvalue weighted by Gasteiger charge is 2.15. The predicted octanol–water partition coefficient (Wildman–Crippen LogP) is 2.54. The summed E-state index contributed by atoms with van der Waals surface area (Å²) in [4.78, 5) is 16.9. The standard InChI is InChI=1S/C17H17N5O/c1-2-14(13-7-4-3-5-8-13)21-17(23)15-9-6-10-16(20-15)22-11-18-19-12-22/h3-12,14H,2H2,1H3,(H,21,23)/t14-/m0/s1. The summed E-state index contributed by atoms with van der Waals surface area (Å²) in [5.41, 5.74) is 1.45. The lowest BCUT2D eigenvalue weighted by atomic mass is 10.0. The van der Waals surface area contributed by atoms with E-state index in [0.717, 1.165) is 12.0 Å². The summed E-state index contributed by atoms with van der Waals surface area (Å²) in [6, 6.07) is 15.2. The predicted molar refractivity (Wildman–Crippen MR) is 86.1 cm³/mol. The van der Waals surface area contributed by atoms with Crippen LogP contribution in [0.2, 0.25) is 0 Å². The lowest BCUT2D eigenvalue weighted by Crippen LogP contribution is -2.29. The average molecular weight is 307 g/mol. The van der Waals surface area contributed by atoms with Crippen molar-refractivity contribution in [2.45, 2.75) is 19.4 Å². The van der Waals surface area contributed by atoms with E-state index in [-0.39, 0.29) is 11.9 Å². The summed E-state index contributed by atoms with van der Waals surface area (Å²) in [6.45, 7) is 2.04. The molecule has 0 saturated carbocycles. The summed E-state index contributed by atoms with van der Waals surface area (Å²) in [7, 11) is 0. The third kappa shape index (κ3) is 3.42. The molecule has 0 aliphatic carbocycles. The van der Waals surface area contributed by atoms with E-state index < -0.39 is 0 Å². The highest BCUT2D eigenvalue weighted by Crippen LogP contribution is 2.16. The zero-order chi connectivity index (χ0) is 16.1. The molecule has 3 rings (SSSR count). The second-order valence-electron chi connectivity index (χ2n) is 5.10. The van der Waals surface area contributed by atoms with Crippen LogP contribution in [-0.4, -0.2) is 25.7 Å². The van der Waals surface area contributed by atoms with Gasteiger partial charge in [0.2, 0.25) is 0 Å². The number of nitrogens with one attached hydrogen (secondary N) is 1. The van der Waals surface area contributed by atoms with Crippen molar-refractivity contribution in [2.24, 2.45) is 0 Å². The number of pyridine rings is 1. The van der Waals surface area contributed by atoms with Crippen molar-refractivity contribution in [1.29, 1.82) is 0 Å². The fourth-order valence-corrected chi connectivity index (χ4v) is 2.35. The van der Waals surface area contributed by atoms with Crippen molar-refractivity contribution in [1.82, 2.24) is 25.1 Å². The van der Waals surface area contributed by atoms with Crippen molar-refractivity contribution in [3.05, 3.63) is 72.4 Å². The number of nitrogens with zero attached hydrogens (tertiary/aromatic N) is 4. The van der Waals surface area contributed by atoms with Crippen LogP contribution in [0.5, 0.6) is 0 Å². The van der Waals surface area contributed by atoms with Crippen LogP contribution in [0, 0.1) is 0 Å². The van der Waals surface area contributed by atoms with Crippen LogP contribution in [0.1, 0.15) is 35.4 Å². The Bertz CT molecular complexity index is 771. The van der Waals surface area contributed by atoms with Gasteiger partial charge in [-0.05, 0) is 24.1 Å². The van der Waals surface area contributed by atoms with Gasteiger partial charge in [-0.3, -0.25) is 9.36 Å². The third-order valence-corrected chi connectivity index (χ3v) is 3.57. The summed E-state index contributed by atoms with van der Waals surface area (Å²) in [5, 5.41) is 10.5. The third-order valence-electron chi connectivity index (χ3n) is 3.57. The van der Waals surface area contributed by atoms with Crippen molar-refractivity contribution in [3.8, 4) is 5.82 Å². The molecule has 0 aliphatic rings. The smallest absolute Gasteiger partial charge is 0.270 e. The van der Waals surface area contributed by atoms with E-state index in [2.05, 4.69) is 20.5 Å². The van der Waals surface area contributed by atoms with E-state index in [4.69, 9.17) is 0 Å².